The highest BCUT2D eigenvalue weighted by molar-refractivity contribution is 7.89. The van der Waals surface area contributed by atoms with Gasteiger partial charge in [-0.15, -0.1) is 0 Å². The molecule has 2 N–H and O–H groups in total. The van der Waals surface area contributed by atoms with Crippen LogP contribution in [0, 0.1) is 5.41 Å². The van der Waals surface area contributed by atoms with Crippen LogP contribution in [-0.4, -0.2) is 24.5 Å². The smallest absolute Gasteiger partial charge is 0.214 e. The Balaban J connectivity index is 2.11. The molecule has 0 heterocycles. The normalized spacial score (nSPS) is 16.4. The van der Waals surface area contributed by atoms with E-state index in [1.54, 1.807) is 4.31 Å². The number of hydrogen-bond acceptors (Lipinski definition) is 3. The molecule has 118 valence electrons. The molecule has 4 nitrogen and oxygen atoms in total. The van der Waals surface area contributed by atoms with Crippen molar-refractivity contribution in [2.75, 3.05) is 11.5 Å². The Kier molecular flexibility index (Phi) is 4.63. The van der Waals surface area contributed by atoms with E-state index < -0.39 is 10.0 Å². The molecule has 1 aliphatic carbocycles. The zero-order chi connectivity index (χ0) is 15.7. The minimum absolute atomic E-state index is 0.0272. The summed E-state index contributed by atoms with van der Waals surface area (Å²) in [5.74, 6) is 0.218. The van der Waals surface area contributed by atoms with Crippen molar-refractivity contribution in [3.8, 4) is 0 Å². The topological polar surface area (TPSA) is 63.4 Å². The van der Waals surface area contributed by atoms with Crippen LogP contribution < -0.4 is 5.73 Å². The molecule has 0 atom stereocenters. The van der Waals surface area contributed by atoms with E-state index in [1.165, 1.54) is 0 Å². The predicted octanol–water partition coefficient (Wildman–Crippen LogP) is 3.00. The lowest BCUT2D eigenvalue weighted by Gasteiger charge is -2.25. The SMILES string of the molecule is CC(C)(C)CCS(=O)(=O)N(Cc1cccc(N)c1)C1CC1. The Bertz CT molecular complexity index is 587. The van der Waals surface area contributed by atoms with Crippen LogP contribution in [0.15, 0.2) is 24.3 Å². The van der Waals surface area contributed by atoms with Gasteiger partial charge in [0.15, 0.2) is 0 Å². The maximum Gasteiger partial charge on any atom is 0.214 e. The molecule has 0 amide bonds. The Labute approximate surface area is 128 Å². The van der Waals surface area contributed by atoms with Crippen molar-refractivity contribution < 1.29 is 8.42 Å². The van der Waals surface area contributed by atoms with Gasteiger partial charge in [0, 0.05) is 18.3 Å². The summed E-state index contributed by atoms with van der Waals surface area (Å²) in [4.78, 5) is 0. The maximum absolute atomic E-state index is 12.6. The van der Waals surface area contributed by atoms with Gasteiger partial charge < -0.3 is 5.73 Å². The van der Waals surface area contributed by atoms with Crippen LogP contribution in [0.5, 0.6) is 0 Å². The van der Waals surface area contributed by atoms with Gasteiger partial charge in [-0.25, -0.2) is 8.42 Å². The molecule has 0 unspecified atom stereocenters. The zero-order valence-electron chi connectivity index (χ0n) is 13.2. The van der Waals surface area contributed by atoms with Gasteiger partial charge in [-0.3, -0.25) is 0 Å². The predicted molar refractivity (Wildman–Crippen MR) is 87.3 cm³/mol. The fourth-order valence-electron chi connectivity index (χ4n) is 2.24. The quantitative estimate of drug-likeness (QED) is 0.822. The summed E-state index contributed by atoms with van der Waals surface area (Å²) in [5.41, 5.74) is 7.45. The number of rotatable bonds is 6. The van der Waals surface area contributed by atoms with Crippen molar-refractivity contribution in [2.24, 2.45) is 5.41 Å². The minimum Gasteiger partial charge on any atom is -0.399 e. The van der Waals surface area contributed by atoms with Gasteiger partial charge in [0.25, 0.3) is 0 Å². The molecule has 5 heteroatoms. The third kappa shape index (κ3) is 5.00. The van der Waals surface area contributed by atoms with E-state index in [9.17, 15) is 8.42 Å². The van der Waals surface area contributed by atoms with Crippen molar-refractivity contribution in [1.82, 2.24) is 4.31 Å². The molecule has 0 saturated heterocycles. The third-order valence-electron chi connectivity index (χ3n) is 3.71. The fourth-order valence-corrected chi connectivity index (χ4v) is 4.36. The molecule has 0 aliphatic heterocycles. The van der Waals surface area contributed by atoms with E-state index in [0.29, 0.717) is 18.7 Å². The highest BCUT2D eigenvalue weighted by atomic mass is 32.2. The van der Waals surface area contributed by atoms with Gasteiger partial charge in [0.1, 0.15) is 0 Å². The van der Waals surface area contributed by atoms with Crippen LogP contribution in [0.4, 0.5) is 5.69 Å². The average molecular weight is 310 g/mol. The largest absolute Gasteiger partial charge is 0.399 e. The summed E-state index contributed by atoms with van der Waals surface area (Å²) >= 11 is 0. The summed E-state index contributed by atoms with van der Waals surface area (Å²) in [6.07, 6.45) is 2.61. The van der Waals surface area contributed by atoms with Gasteiger partial charge in [0.2, 0.25) is 10.0 Å². The van der Waals surface area contributed by atoms with E-state index in [2.05, 4.69) is 20.8 Å². The summed E-state index contributed by atoms with van der Waals surface area (Å²) in [6, 6.07) is 7.66. The second-order valence-corrected chi connectivity index (χ2v) is 9.19. The average Bonchev–Trinajstić information content (AvgIpc) is 3.17. The molecule has 1 aromatic rings. The minimum atomic E-state index is -3.21. The number of nitrogens with zero attached hydrogens (tertiary/aromatic N) is 1. The van der Waals surface area contributed by atoms with Gasteiger partial charge in [0.05, 0.1) is 5.75 Å². The van der Waals surface area contributed by atoms with Gasteiger partial charge in [-0.2, -0.15) is 4.31 Å². The van der Waals surface area contributed by atoms with Gasteiger partial charge >= 0.3 is 0 Å². The van der Waals surface area contributed by atoms with Crippen molar-refractivity contribution in [3.63, 3.8) is 0 Å². The van der Waals surface area contributed by atoms with Crippen LogP contribution in [-0.2, 0) is 16.6 Å². The molecular weight excluding hydrogens is 284 g/mol. The Morgan fingerprint density at radius 1 is 1.29 bits per heavy atom. The first-order chi connectivity index (χ1) is 9.67. The molecule has 0 bridgehead atoms. The molecule has 0 spiro atoms. The van der Waals surface area contributed by atoms with Crippen molar-refractivity contribution in [3.05, 3.63) is 29.8 Å². The molecule has 2 rings (SSSR count). The lowest BCUT2D eigenvalue weighted by atomic mass is 9.94. The summed E-state index contributed by atoms with van der Waals surface area (Å²) in [5, 5.41) is 0. The fraction of sp³-hybridized carbons (Fsp3) is 0.625. The monoisotopic (exact) mass is 310 g/mol. The molecule has 1 fully saturated rings. The zero-order valence-corrected chi connectivity index (χ0v) is 14.0. The molecule has 1 aromatic carbocycles. The Morgan fingerprint density at radius 2 is 1.95 bits per heavy atom. The second-order valence-electron chi connectivity index (χ2n) is 7.15. The molecule has 21 heavy (non-hydrogen) atoms. The Hall–Kier alpha value is -1.07. The number of hydrogen-bond donors (Lipinski definition) is 1. The molecular formula is C16H26N2O2S. The van der Waals surface area contributed by atoms with E-state index in [4.69, 9.17) is 5.73 Å². The summed E-state index contributed by atoms with van der Waals surface area (Å²) < 4.78 is 27.0. The Morgan fingerprint density at radius 3 is 2.48 bits per heavy atom. The molecule has 0 radical (unpaired) electrons. The van der Waals surface area contributed by atoms with Crippen molar-refractivity contribution >= 4 is 15.7 Å². The van der Waals surface area contributed by atoms with Crippen molar-refractivity contribution in [2.45, 2.75) is 52.6 Å². The van der Waals surface area contributed by atoms with Gasteiger partial charge in [-0.05, 0) is 42.4 Å². The first-order valence-corrected chi connectivity index (χ1v) is 9.12. The number of nitrogen functional groups attached to an aromatic ring is 1. The van der Waals surface area contributed by atoms with Crippen LogP contribution >= 0.6 is 0 Å². The summed E-state index contributed by atoms with van der Waals surface area (Å²) in [7, 11) is -3.21. The maximum atomic E-state index is 12.6. The van der Waals surface area contributed by atoms with Crippen molar-refractivity contribution in [1.29, 1.82) is 0 Å². The summed E-state index contributed by atoms with van der Waals surface area (Å²) in [6.45, 7) is 6.65. The number of nitrogens with two attached hydrogens (primary N) is 1. The highest BCUT2D eigenvalue weighted by Gasteiger charge is 2.37. The van der Waals surface area contributed by atoms with E-state index in [1.807, 2.05) is 24.3 Å². The van der Waals surface area contributed by atoms with Crippen LogP contribution in [0.2, 0.25) is 0 Å². The molecule has 0 aromatic heterocycles. The number of benzene rings is 1. The third-order valence-corrected chi connectivity index (χ3v) is 5.57. The van der Waals surface area contributed by atoms with E-state index >= 15 is 0 Å². The number of sulfonamides is 1. The van der Waals surface area contributed by atoms with Crippen LogP contribution in [0.3, 0.4) is 0 Å². The molecule has 1 saturated carbocycles. The van der Waals surface area contributed by atoms with E-state index in [0.717, 1.165) is 18.4 Å². The van der Waals surface area contributed by atoms with Crippen LogP contribution in [0.1, 0.15) is 45.6 Å². The first-order valence-electron chi connectivity index (χ1n) is 7.51. The second kappa shape index (κ2) is 5.97. The standard InChI is InChI=1S/C16H26N2O2S/c1-16(2,3)9-10-21(19,20)18(15-7-8-15)12-13-5-4-6-14(17)11-13/h4-6,11,15H,7-10,12,17H2,1-3H3. The highest BCUT2D eigenvalue weighted by Crippen LogP contribution is 2.32. The number of anilines is 1. The lowest BCUT2D eigenvalue weighted by molar-refractivity contribution is 0.371. The lowest BCUT2D eigenvalue weighted by Crippen LogP contribution is -2.35. The first kappa shape index (κ1) is 16.3. The van der Waals surface area contributed by atoms with Crippen LogP contribution in [0.25, 0.3) is 0 Å². The molecule has 1 aliphatic rings. The van der Waals surface area contributed by atoms with E-state index in [-0.39, 0.29) is 17.2 Å². The van der Waals surface area contributed by atoms with Gasteiger partial charge in [-0.1, -0.05) is 32.9 Å².